The summed E-state index contributed by atoms with van der Waals surface area (Å²) in [5, 5.41) is 2.80. The Kier molecular flexibility index (Phi) is 7.46. The predicted molar refractivity (Wildman–Crippen MR) is 102 cm³/mol. The molecule has 28 heavy (non-hydrogen) atoms. The largest absolute Gasteiger partial charge is 0.393 e. The molecule has 5 nitrogen and oxygen atoms in total. The molecule has 2 unspecified atom stereocenters. The monoisotopic (exact) mass is 399 g/mol. The second-order valence-corrected chi connectivity index (χ2v) is 7.30. The van der Waals surface area contributed by atoms with Crippen LogP contribution in [0.15, 0.2) is 24.3 Å². The van der Waals surface area contributed by atoms with Gasteiger partial charge in [-0.25, -0.2) is 0 Å². The third-order valence-corrected chi connectivity index (χ3v) is 5.25. The fraction of sp³-hybridized carbons (Fsp3) is 0.600. The first kappa shape index (κ1) is 22.2. The number of halogens is 3. The minimum atomic E-state index is -4.25. The molecule has 0 spiro atoms. The van der Waals surface area contributed by atoms with Gasteiger partial charge in [0.05, 0.1) is 18.5 Å². The Morgan fingerprint density at radius 1 is 1.32 bits per heavy atom. The summed E-state index contributed by atoms with van der Waals surface area (Å²) >= 11 is 0. The average molecular weight is 399 g/mol. The summed E-state index contributed by atoms with van der Waals surface area (Å²) in [6.07, 6.45) is -2.99. The zero-order valence-electron chi connectivity index (χ0n) is 16.6. The lowest BCUT2D eigenvalue weighted by Gasteiger charge is -2.37. The molecule has 0 aromatic heterocycles. The normalized spacial score (nSPS) is 19.1. The van der Waals surface area contributed by atoms with Gasteiger partial charge in [-0.3, -0.25) is 14.5 Å². The highest BCUT2D eigenvalue weighted by Crippen LogP contribution is 2.33. The number of hydrogen-bond acceptors (Lipinski definition) is 3. The van der Waals surface area contributed by atoms with Crippen LogP contribution in [0.5, 0.6) is 0 Å². The number of carbonyl (C=O) groups excluding carboxylic acids is 2. The first-order valence-corrected chi connectivity index (χ1v) is 9.57. The van der Waals surface area contributed by atoms with Crippen LogP contribution in [0.3, 0.4) is 0 Å². The number of hydrogen-bond donors (Lipinski definition) is 1. The lowest BCUT2D eigenvalue weighted by atomic mass is 9.96. The number of anilines is 1. The SMILES string of the molecule is CCc1ccccc1NC(=O)CN(C)C(=O)C(C)N1CCCC(C(F)(F)F)C1. The smallest absolute Gasteiger partial charge is 0.335 e. The maximum absolute atomic E-state index is 13.0. The van der Waals surface area contributed by atoms with E-state index in [2.05, 4.69) is 5.32 Å². The van der Waals surface area contributed by atoms with Gasteiger partial charge in [-0.1, -0.05) is 25.1 Å². The van der Waals surface area contributed by atoms with Crippen molar-refractivity contribution >= 4 is 17.5 Å². The number of likely N-dealkylation sites (tertiary alicyclic amines) is 1. The number of amides is 2. The van der Waals surface area contributed by atoms with Crippen LogP contribution in [0.4, 0.5) is 18.9 Å². The summed E-state index contributed by atoms with van der Waals surface area (Å²) in [5.74, 6) is -2.10. The summed E-state index contributed by atoms with van der Waals surface area (Å²) in [5.41, 5.74) is 1.69. The molecule has 1 saturated heterocycles. The molecule has 0 saturated carbocycles. The molecule has 156 valence electrons. The number of carbonyl (C=O) groups is 2. The van der Waals surface area contributed by atoms with Crippen molar-refractivity contribution in [2.24, 2.45) is 5.92 Å². The van der Waals surface area contributed by atoms with E-state index in [-0.39, 0.29) is 31.3 Å². The molecule has 0 aliphatic carbocycles. The van der Waals surface area contributed by atoms with Gasteiger partial charge in [-0.05, 0) is 44.4 Å². The maximum atomic E-state index is 13.0. The lowest BCUT2D eigenvalue weighted by Crippen LogP contribution is -2.52. The Morgan fingerprint density at radius 2 is 2.00 bits per heavy atom. The molecule has 0 bridgehead atoms. The number of nitrogens with one attached hydrogen (secondary N) is 1. The standard InChI is InChI=1S/C20H28F3N3O2/c1-4-15-8-5-6-10-17(15)24-18(27)13-25(3)19(28)14(2)26-11-7-9-16(12-26)20(21,22)23/h5-6,8,10,14,16H,4,7,9,11-13H2,1-3H3,(H,24,27). The summed E-state index contributed by atoms with van der Waals surface area (Å²) in [6, 6.07) is 6.72. The number of benzene rings is 1. The predicted octanol–water partition coefficient (Wildman–Crippen LogP) is 3.31. The van der Waals surface area contributed by atoms with E-state index in [1.807, 2.05) is 25.1 Å². The van der Waals surface area contributed by atoms with Gasteiger partial charge in [0, 0.05) is 19.3 Å². The molecule has 8 heteroatoms. The molecule has 1 aliphatic heterocycles. The summed E-state index contributed by atoms with van der Waals surface area (Å²) in [7, 11) is 1.50. The molecule has 1 aliphatic rings. The van der Waals surface area contributed by atoms with Gasteiger partial charge in [0.25, 0.3) is 0 Å². The average Bonchev–Trinajstić information content (AvgIpc) is 2.66. The number of piperidine rings is 1. The van der Waals surface area contributed by atoms with Crippen molar-refractivity contribution in [1.82, 2.24) is 9.80 Å². The lowest BCUT2D eigenvalue weighted by molar-refractivity contribution is -0.189. The van der Waals surface area contributed by atoms with Gasteiger partial charge in [0.1, 0.15) is 0 Å². The molecule has 1 aromatic carbocycles. The molecule has 2 atom stereocenters. The quantitative estimate of drug-likeness (QED) is 0.799. The minimum Gasteiger partial charge on any atom is -0.335 e. The van der Waals surface area contributed by atoms with E-state index in [1.165, 1.54) is 11.9 Å². The van der Waals surface area contributed by atoms with Gasteiger partial charge in [0.2, 0.25) is 11.8 Å². The number of para-hydroxylation sites is 1. The van der Waals surface area contributed by atoms with Crippen molar-refractivity contribution in [2.45, 2.75) is 45.3 Å². The Hall–Kier alpha value is -2.09. The van der Waals surface area contributed by atoms with Crippen molar-refractivity contribution < 1.29 is 22.8 Å². The first-order chi connectivity index (χ1) is 13.1. The fourth-order valence-electron chi connectivity index (χ4n) is 3.53. The second-order valence-electron chi connectivity index (χ2n) is 7.30. The minimum absolute atomic E-state index is 0.0932. The zero-order chi connectivity index (χ0) is 20.9. The Bertz CT molecular complexity index is 694. The van der Waals surface area contributed by atoms with Crippen molar-refractivity contribution in [1.29, 1.82) is 0 Å². The van der Waals surface area contributed by atoms with Gasteiger partial charge in [-0.2, -0.15) is 13.2 Å². The highest BCUT2D eigenvalue weighted by atomic mass is 19.4. The van der Waals surface area contributed by atoms with Gasteiger partial charge >= 0.3 is 6.18 Å². The second kappa shape index (κ2) is 9.41. The van der Waals surface area contributed by atoms with Crippen LogP contribution in [0, 0.1) is 5.92 Å². The van der Waals surface area contributed by atoms with Crippen LogP contribution < -0.4 is 5.32 Å². The molecule has 1 aromatic rings. The molecule has 1 N–H and O–H groups in total. The van der Waals surface area contributed by atoms with E-state index in [0.717, 1.165) is 12.0 Å². The van der Waals surface area contributed by atoms with E-state index in [9.17, 15) is 22.8 Å². The highest BCUT2D eigenvalue weighted by Gasteiger charge is 2.43. The maximum Gasteiger partial charge on any atom is 0.393 e. The van der Waals surface area contributed by atoms with Crippen molar-refractivity contribution in [3.05, 3.63) is 29.8 Å². The van der Waals surface area contributed by atoms with Crippen molar-refractivity contribution in [2.75, 3.05) is 32.0 Å². The Morgan fingerprint density at radius 3 is 2.64 bits per heavy atom. The topological polar surface area (TPSA) is 52.7 Å². The van der Waals surface area contributed by atoms with Crippen LogP contribution >= 0.6 is 0 Å². The van der Waals surface area contributed by atoms with Gasteiger partial charge in [0.15, 0.2) is 0 Å². The first-order valence-electron chi connectivity index (χ1n) is 9.57. The van der Waals surface area contributed by atoms with Crippen LogP contribution in [-0.4, -0.2) is 60.5 Å². The number of aryl methyl sites for hydroxylation is 1. The molecule has 1 heterocycles. The van der Waals surface area contributed by atoms with Gasteiger partial charge < -0.3 is 10.2 Å². The van der Waals surface area contributed by atoms with Crippen molar-refractivity contribution in [3.8, 4) is 0 Å². The van der Waals surface area contributed by atoms with Crippen LogP contribution in [0.1, 0.15) is 32.3 Å². The number of nitrogens with zero attached hydrogens (tertiary/aromatic N) is 2. The summed E-state index contributed by atoms with van der Waals surface area (Å²) in [4.78, 5) is 27.8. The molecular weight excluding hydrogens is 371 g/mol. The van der Waals surface area contributed by atoms with Crippen LogP contribution in [0.25, 0.3) is 0 Å². The fourth-order valence-corrected chi connectivity index (χ4v) is 3.53. The molecular formula is C20H28F3N3O2. The Balaban J connectivity index is 1.93. The third-order valence-electron chi connectivity index (χ3n) is 5.25. The molecule has 2 rings (SSSR count). The summed E-state index contributed by atoms with van der Waals surface area (Å²) < 4.78 is 39.0. The van der Waals surface area contributed by atoms with E-state index in [1.54, 1.807) is 17.9 Å². The van der Waals surface area contributed by atoms with Crippen LogP contribution in [-0.2, 0) is 16.0 Å². The number of alkyl halides is 3. The number of likely N-dealkylation sites (N-methyl/N-ethyl adjacent to an activating group) is 1. The van der Waals surface area contributed by atoms with E-state index < -0.39 is 18.1 Å². The molecule has 0 radical (unpaired) electrons. The summed E-state index contributed by atoms with van der Waals surface area (Å²) in [6.45, 7) is 3.69. The highest BCUT2D eigenvalue weighted by molar-refractivity contribution is 5.95. The zero-order valence-corrected chi connectivity index (χ0v) is 16.6. The van der Waals surface area contributed by atoms with E-state index in [0.29, 0.717) is 18.7 Å². The third kappa shape index (κ3) is 5.70. The van der Waals surface area contributed by atoms with E-state index in [4.69, 9.17) is 0 Å². The van der Waals surface area contributed by atoms with Crippen molar-refractivity contribution in [3.63, 3.8) is 0 Å². The Labute approximate surface area is 163 Å². The molecule has 2 amide bonds. The van der Waals surface area contributed by atoms with E-state index >= 15 is 0 Å². The number of rotatable bonds is 6. The molecule has 1 fully saturated rings. The van der Waals surface area contributed by atoms with Gasteiger partial charge in [-0.15, -0.1) is 0 Å². The van der Waals surface area contributed by atoms with Crippen LogP contribution in [0.2, 0.25) is 0 Å².